The molecule has 0 saturated heterocycles. The predicted molar refractivity (Wildman–Crippen MR) is 135 cm³/mol. The Bertz CT molecular complexity index is 777. The summed E-state index contributed by atoms with van der Waals surface area (Å²) in [7, 11) is -4.26. The summed E-state index contributed by atoms with van der Waals surface area (Å²) in [6, 6.07) is 6.90. The molecule has 1 rings (SSSR count). The first-order chi connectivity index (χ1) is 14.4. The van der Waals surface area contributed by atoms with E-state index in [0.29, 0.717) is 6.42 Å². The van der Waals surface area contributed by atoms with E-state index in [1.54, 1.807) is 6.92 Å². The van der Waals surface area contributed by atoms with Crippen LogP contribution in [0.3, 0.4) is 0 Å². The van der Waals surface area contributed by atoms with Crippen LogP contribution in [0.5, 0.6) is 5.75 Å². The van der Waals surface area contributed by atoms with Crippen molar-refractivity contribution in [3.63, 3.8) is 0 Å². The lowest BCUT2D eigenvalue weighted by Gasteiger charge is -2.36. The van der Waals surface area contributed by atoms with Crippen LogP contribution in [0.25, 0.3) is 0 Å². The number of ether oxygens (including phenoxy) is 1. The topological polar surface area (TPSA) is 73.9 Å². The van der Waals surface area contributed by atoms with Crippen LogP contribution >= 0.6 is 0 Å². The maximum atomic E-state index is 13.0. The number of rotatable bonds is 8. The van der Waals surface area contributed by atoms with Gasteiger partial charge >= 0.3 is 12.1 Å². The molecule has 1 atom stereocenters. The Morgan fingerprint density at radius 3 is 1.84 bits per heavy atom. The number of carbonyl (C=O) groups is 2. The quantitative estimate of drug-likeness (QED) is 0.443. The molecule has 1 aromatic rings. The molecule has 182 valence electrons. The minimum atomic E-state index is -2.33. The first-order valence-electron chi connectivity index (χ1n) is 11.3. The molecule has 8 heteroatoms. The van der Waals surface area contributed by atoms with Gasteiger partial charge in [0.15, 0.2) is 0 Å². The van der Waals surface area contributed by atoms with E-state index in [-0.39, 0.29) is 16.7 Å². The van der Waals surface area contributed by atoms with Crippen LogP contribution in [0.15, 0.2) is 24.3 Å². The van der Waals surface area contributed by atoms with Gasteiger partial charge in [-0.2, -0.15) is 0 Å². The maximum absolute atomic E-state index is 13.0. The Morgan fingerprint density at radius 2 is 1.41 bits per heavy atom. The van der Waals surface area contributed by atoms with Gasteiger partial charge in [0, 0.05) is 6.42 Å². The molecule has 0 radical (unpaired) electrons. The fraction of sp³-hybridized carbons (Fsp3) is 0.667. The SMILES string of the molecule is CCOC(=O)NC(Cc1ccc(O[Si](C)(C)C(C)(C)C)cc1)C(=O)O[Si](C)(C)C(C)(C)C. The maximum Gasteiger partial charge on any atom is 0.407 e. The Balaban J connectivity index is 3.02. The third kappa shape index (κ3) is 7.96. The van der Waals surface area contributed by atoms with Gasteiger partial charge in [-0.3, -0.25) is 4.79 Å². The van der Waals surface area contributed by atoms with Crippen LogP contribution in [-0.4, -0.2) is 41.3 Å². The molecule has 1 aromatic carbocycles. The monoisotopic (exact) mass is 481 g/mol. The Hall–Kier alpha value is -1.81. The molecule has 0 saturated carbocycles. The average Bonchev–Trinajstić information content (AvgIpc) is 2.60. The smallest absolute Gasteiger partial charge is 0.407 e. The Morgan fingerprint density at radius 1 is 0.906 bits per heavy atom. The minimum absolute atomic E-state index is 0.105. The fourth-order valence-electron chi connectivity index (χ4n) is 2.36. The molecule has 0 bridgehead atoms. The van der Waals surface area contributed by atoms with E-state index in [1.807, 2.05) is 37.4 Å². The molecule has 1 amide bonds. The van der Waals surface area contributed by atoms with Gasteiger partial charge in [-0.05, 0) is 60.9 Å². The zero-order valence-corrected chi connectivity index (χ0v) is 23.8. The number of amides is 1. The summed E-state index contributed by atoms with van der Waals surface area (Å²) in [5.74, 6) is 0.394. The number of benzene rings is 1. The van der Waals surface area contributed by atoms with Gasteiger partial charge in [-0.25, -0.2) is 4.79 Å². The molecule has 0 spiro atoms. The summed E-state index contributed by atoms with van der Waals surface area (Å²) >= 11 is 0. The van der Waals surface area contributed by atoms with Gasteiger partial charge < -0.3 is 18.9 Å². The highest BCUT2D eigenvalue weighted by molar-refractivity contribution is 6.75. The van der Waals surface area contributed by atoms with Crippen molar-refractivity contribution in [2.75, 3.05) is 6.61 Å². The standard InChI is InChI=1S/C24H43NO5Si2/c1-12-28-22(27)25-20(21(26)30-32(10,11)24(5,6)7)17-18-13-15-19(16-14-18)29-31(8,9)23(2,3)4/h13-16,20H,12,17H2,1-11H3,(H,25,27). The average molecular weight is 482 g/mol. The second-order valence-electron chi connectivity index (χ2n) is 11.3. The van der Waals surface area contributed by atoms with Gasteiger partial charge in [0.1, 0.15) is 11.8 Å². The van der Waals surface area contributed by atoms with E-state index in [4.69, 9.17) is 13.6 Å². The van der Waals surface area contributed by atoms with Crippen LogP contribution < -0.4 is 9.74 Å². The lowest BCUT2D eigenvalue weighted by molar-refractivity contribution is -0.137. The molecule has 0 fully saturated rings. The minimum Gasteiger partial charge on any atom is -0.544 e. The van der Waals surface area contributed by atoms with Gasteiger partial charge in [-0.1, -0.05) is 53.7 Å². The lowest BCUT2D eigenvalue weighted by atomic mass is 10.1. The summed E-state index contributed by atoms with van der Waals surface area (Å²) in [6.45, 7) is 23.2. The van der Waals surface area contributed by atoms with Crippen LogP contribution in [0.2, 0.25) is 36.3 Å². The second kappa shape index (κ2) is 10.4. The van der Waals surface area contributed by atoms with E-state index >= 15 is 0 Å². The number of hydrogen-bond acceptors (Lipinski definition) is 5. The van der Waals surface area contributed by atoms with Crippen molar-refractivity contribution in [1.29, 1.82) is 0 Å². The first-order valence-corrected chi connectivity index (χ1v) is 17.2. The first kappa shape index (κ1) is 28.2. The molecule has 6 nitrogen and oxygen atoms in total. The molecular formula is C24H43NO5Si2. The van der Waals surface area contributed by atoms with Crippen LogP contribution in [0, 0.1) is 0 Å². The molecular weight excluding hydrogens is 438 g/mol. The Kier molecular flexibility index (Phi) is 9.19. The third-order valence-corrected chi connectivity index (χ3v) is 15.2. The van der Waals surface area contributed by atoms with E-state index < -0.39 is 34.7 Å². The van der Waals surface area contributed by atoms with Crippen molar-refractivity contribution in [3.8, 4) is 5.75 Å². The molecule has 0 aliphatic heterocycles. The predicted octanol–water partition coefficient (Wildman–Crippen LogP) is 6.28. The highest BCUT2D eigenvalue weighted by Crippen LogP contribution is 2.38. The number of nitrogens with one attached hydrogen (secondary N) is 1. The Labute approximate surface area is 196 Å². The fourth-order valence-corrected chi connectivity index (χ4v) is 4.34. The zero-order valence-electron chi connectivity index (χ0n) is 21.8. The van der Waals surface area contributed by atoms with Crippen LogP contribution in [0.4, 0.5) is 4.79 Å². The lowest BCUT2D eigenvalue weighted by Crippen LogP contribution is -2.50. The molecule has 1 N–H and O–H groups in total. The number of carbonyl (C=O) groups excluding carboxylic acids is 2. The molecule has 0 aliphatic carbocycles. The van der Waals surface area contributed by atoms with Gasteiger partial charge in [0.2, 0.25) is 8.32 Å². The molecule has 1 unspecified atom stereocenters. The van der Waals surface area contributed by atoms with Crippen molar-refractivity contribution in [2.24, 2.45) is 0 Å². The highest BCUT2D eigenvalue weighted by atomic mass is 28.4. The van der Waals surface area contributed by atoms with Gasteiger partial charge in [-0.15, -0.1) is 0 Å². The van der Waals surface area contributed by atoms with Crippen molar-refractivity contribution in [1.82, 2.24) is 5.32 Å². The number of hydrogen-bond donors (Lipinski definition) is 1. The van der Waals surface area contributed by atoms with Crippen molar-refractivity contribution < 1.29 is 23.2 Å². The van der Waals surface area contributed by atoms with E-state index in [1.165, 1.54) is 0 Å². The largest absolute Gasteiger partial charge is 0.544 e. The van der Waals surface area contributed by atoms with Crippen molar-refractivity contribution in [2.45, 2.75) is 97.2 Å². The van der Waals surface area contributed by atoms with E-state index in [9.17, 15) is 9.59 Å². The molecule has 0 heterocycles. The van der Waals surface area contributed by atoms with Gasteiger partial charge in [0.05, 0.1) is 6.61 Å². The molecule has 0 aromatic heterocycles. The summed E-state index contributed by atoms with van der Waals surface area (Å²) in [5.41, 5.74) is 0.904. The van der Waals surface area contributed by atoms with Gasteiger partial charge in [0.25, 0.3) is 8.32 Å². The molecule has 32 heavy (non-hydrogen) atoms. The highest BCUT2D eigenvalue weighted by Gasteiger charge is 2.42. The summed E-state index contributed by atoms with van der Waals surface area (Å²) in [5, 5.41) is 2.65. The summed E-state index contributed by atoms with van der Waals surface area (Å²) in [6.07, 6.45) is -0.310. The normalized spacial score (nSPS) is 13.8. The second-order valence-corrected chi connectivity index (χ2v) is 20.8. The zero-order chi connectivity index (χ0) is 25.0. The molecule has 0 aliphatic rings. The number of alkyl carbamates (subject to hydrolysis) is 1. The van der Waals surface area contributed by atoms with Crippen LogP contribution in [0.1, 0.15) is 54.0 Å². The third-order valence-electron chi connectivity index (χ3n) is 6.56. The van der Waals surface area contributed by atoms with Crippen molar-refractivity contribution >= 4 is 28.7 Å². The van der Waals surface area contributed by atoms with Crippen molar-refractivity contribution in [3.05, 3.63) is 29.8 Å². The van der Waals surface area contributed by atoms with E-state index in [2.05, 4.69) is 60.0 Å². The summed E-state index contributed by atoms with van der Waals surface area (Å²) < 4.78 is 17.3. The van der Waals surface area contributed by atoms with Crippen LogP contribution in [-0.2, 0) is 20.4 Å². The van der Waals surface area contributed by atoms with E-state index in [0.717, 1.165) is 11.3 Å². The summed E-state index contributed by atoms with van der Waals surface area (Å²) in [4.78, 5) is 25.1.